The molecule has 0 aromatic rings. The van der Waals surface area contributed by atoms with Crippen LogP contribution in [0.5, 0.6) is 0 Å². The third-order valence-corrected chi connectivity index (χ3v) is 3.74. The predicted octanol–water partition coefficient (Wildman–Crippen LogP) is 0.751. The standard InChI is InChI=1S/C12H22N2O2/c1-9-4-6-14(7-5-9)12(15)11-3-2-10(8-13)16-11/h9-11H,2-8,13H2,1H3. The first-order valence-corrected chi connectivity index (χ1v) is 6.35. The average Bonchev–Trinajstić information content (AvgIpc) is 2.77. The zero-order valence-electron chi connectivity index (χ0n) is 10.0. The highest BCUT2D eigenvalue weighted by Crippen LogP contribution is 2.23. The van der Waals surface area contributed by atoms with Gasteiger partial charge >= 0.3 is 0 Å². The first-order valence-electron chi connectivity index (χ1n) is 6.35. The van der Waals surface area contributed by atoms with E-state index in [9.17, 15) is 4.79 Å². The van der Waals surface area contributed by atoms with Crippen LogP contribution < -0.4 is 5.73 Å². The van der Waals surface area contributed by atoms with Gasteiger partial charge in [0.15, 0.2) is 0 Å². The Hall–Kier alpha value is -0.610. The summed E-state index contributed by atoms with van der Waals surface area (Å²) in [6.07, 6.45) is 3.89. The first kappa shape index (κ1) is 11.9. The lowest BCUT2D eigenvalue weighted by Gasteiger charge is -2.32. The van der Waals surface area contributed by atoms with Crippen molar-refractivity contribution in [1.82, 2.24) is 4.90 Å². The maximum Gasteiger partial charge on any atom is 0.251 e. The van der Waals surface area contributed by atoms with Crippen molar-refractivity contribution in [3.05, 3.63) is 0 Å². The monoisotopic (exact) mass is 226 g/mol. The quantitative estimate of drug-likeness (QED) is 0.756. The second-order valence-corrected chi connectivity index (χ2v) is 5.07. The van der Waals surface area contributed by atoms with Crippen LogP contribution in [0.4, 0.5) is 0 Å². The van der Waals surface area contributed by atoms with Crippen molar-refractivity contribution in [1.29, 1.82) is 0 Å². The predicted molar refractivity (Wildman–Crippen MR) is 61.9 cm³/mol. The smallest absolute Gasteiger partial charge is 0.251 e. The van der Waals surface area contributed by atoms with Gasteiger partial charge in [-0.1, -0.05) is 6.92 Å². The van der Waals surface area contributed by atoms with Gasteiger partial charge in [-0.25, -0.2) is 0 Å². The largest absolute Gasteiger partial charge is 0.364 e. The molecule has 2 heterocycles. The molecule has 2 aliphatic rings. The third kappa shape index (κ3) is 2.55. The van der Waals surface area contributed by atoms with Crippen LogP contribution in [0.15, 0.2) is 0 Å². The molecule has 0 bridgehead atoms. The molecule has 0 spiro atoms. The lowest BCUT2D eigenvalue weighted by molar-refractivity contribution is -0.144. The average molecular weight is 226 g/mol. The summed E-state index contributed by atoms with van der Waals surface area (Å²) in [7, 11) is 0. The normalized spacial score (nSPS) is 32.0. The topological polar surface area (TPSA) is 55.6 Å². The molecule has 0 radical (unpaired) electrons. The van der Waals surface area contributed by atoms with E-state index in [1.54, 1.807) is 0 Å². The number of ether oxygens (including phenoxy) is 1. The van der Waals surface area contributed by atoms with Crippen molar-refractivity contribution in [3.8, 4) is 0 Å². The third-order valence-electron chi connectivity index (χ3n) is 3.74. The number of likely N-dealkylation sites (tertiary alicyclic amines) is 1. The first-order chi connectivity index (χ1) is 7.70. The molecule has 92 valence electrons. The summed E-state index contributed by atoms with van der Waals surface area (Å²) in [5, 5.41) is 0. The summed E-state index contributed by atoms with van der Waals surface area (Å²) in [4.78, 5) is 14.1. The van der Waals surface area contributed by atoms with Gasteiger partial charge in [0.1, 0.15) is 6.10 Å². The Morgan fingerprint density at radius 1 is 1.31 bits per heavy atom. The maximum absolute atomic E-state index is 12.1. The fourth-order valence-electron chi connectivity index (χ4n) is 2.49. The number of rotatable bonds is 2. The van der Waals surface area contributed by atoms with Crippen LogP contribution in [-0.2, 0) is 9.53 Å². The molecule has 0 aliphatic carbocycles. The van der Waals surface area contributed by atoms with Crippen molar-refractivity contribution in [2.45, 2.75) is 44.8 Å². The SMILES string of the molecule is CC1CCN(C(=O)C2CCC(CN)O2)CC1. The summed E-state index contributed by atoms with van der Waals surface area (Å²) >= 11 is 0. The van der Waals surface area contributed by atoms with Crippen molar-refractivity contribution in [3.63, 3.8) is 0 Å². The lowest BCUT2D eigenvalue weighted by atomic mass is 9.99. The number of nitrogens with two attached hydrogens (primary N) is 1. The molecular formula is C12H22N2O2. The number of amides is 1. The Labute approximate surface area is 97.1 Å². The van der Waals surface area contributed by atoms with E-state index in [4.69, 9.17) is 10.5 Å². The molecule has 2 N–H and O–H groups in total. The van der Waals surface area contributed by atoms with Gasteiger partial charge in [-0.2, -0.15) is 0 Å². The van der Waals surface area contributed by atoms with E-state index >= 15 is 0 Å². The maximum atomic E-state index is 12.1. The van der Waals surface area contributed by atoms with Crippen molar-refractivity contribution < 1.29 is 9.53 Å². The molecule has 1 amide bonds. The van der Waals surface area contributed by atoms with E-state index < -0.39 is 0 Å². The highest BCUT2D eigenvalue weighted by atomic mass is 16.5. The molecule has 2 rings (SSSR count). The molecule has 0 aromatic heterocycles. The van der Waals surface area contributed by atoms with Crippen molar-refractivity contribution in [2.75, 3.05) is 19.6 Å². The van der Waals surface area contributed by atoms with Gasteiger partial charge in [0.25, 0.3) is 5.91 Å². The fraction of sp³-hybridized carbons (Fsp3) is 0.917. The van der Waals surface area contributed by atoms with E-state index in [-0.39, 0.29) is 18.1 Å². The van der Waals surface area contributed by atoms with E-state index in [1.807, 2.05) is 4.90 Å². The minimum atomic E-state index is -0.220. The Balaban J connectivity index is 1.83. The van der Waals surface area contributed by atoms with Gasteiger partial charge in [0, 0.05) is 19.6 Å². The molecule has 0 aromatic carbocycles. The summed E-state index contributed by atoms with van der Waals surface area (Å²) in [6, 6.07) is 0. The number of nitrogens with zero attached hydrogens (tertiary/aromatic N) is 1. The zero-order valence-corrected chi connectivity index (χ0v) is 10.0. The second-order valence-electron chi connectivity index (χ2n) is 5.07. The molecular weight excluding hydrogens is 204 g/mol. The molecule has 4 nitrogen and oxygen atoms in total. The molecule has 16 heavy (non-hydrogen) atoms. The van der Waals surface area contributed by atoms with Gasteiger partial charge in [-0.3, -0.25) is 4.79 Å². The van der Waals surface area contributed by atoms with E-state index in [0.717, 1.165) is 44.7 Å². The van der Waals surface area contributed by atoms with Gasteiger partial charge in [0.05, 0.1) is 6.10 Å². The number of piperidine rings is 1. The van der Waals surface area contributed by atoms with Gasteiger partial charge in [-0.05, 0) is 31.6 Å². The van der Waals surface area contributed by atoms with Crippen LogP contribution in [0.3, 0.4) is 0 Å². The molecule has 2 atom stereocenters. The Bertz CT molecular complexity index is 245. The van der Waals surface area contributed by atoms with Gasteiger partial charge in [0.2, 0.25) is 0 Å². The molecule has 2 unspecified atom stereocenters. The molecule has 2 saturated heterocycles. The molecule has 2 fully saturated rings. The number of hydrogen-bond acceptors (Lipinski definition) is 3. The minimum Gasteiger partial charge on any atom is -0.364 e. The van der Waals surface area contributed by atoms with Crippen molar-refractivity contribution in [2.24, 2.45) is 11.7 Å². The van der Waals surface area contributed by atoms with Crippen LogP contribution >= 0.6 is 0 Å². The summed E-state index contributed by atoms with van der Waals surface area (Å²) in [5.74, 6) is 0.938. The van der Waals surface area contributed by atoms with Crippen LogP contribution in [0.2, 0.25) is 0 Å². The number of carbonyl (C=O) groups excluding carboxylic acids is 1. The Morgan fingerprint density at radius 2 is 2.00 bits per heavy atom. The zero-order chi connectivity index (χ0) is 11.5. The van der Waals surface area contributed by atoms with E-state index in [2.05, 4.69) is 6.92 Å². The fourth-order valence-corrected chi connectivity index (χ4v) is 2.49. The highest BCUT2D eigenvalue weighted by molar-refractivity contribution is 5.81. The van der Waals surface area contributed by atoms with Crippen LogP contribution in [0.25, 0.3) is 0 Å². The van der Waals surface area contributed by atoms with Crippen LogP contribution in [0, 0.1) is 5.92 Å². The minimum absolute atomic E-state index is 0.0951. The lowest BCUT2D eigenvalue weighted by Crippen LogP contribution is -2.43. The van der Waals surface area contributed by atoms with E-state index in [0.29, 0.717) is 6.54 Å². The van der Waals surface area contributed by atoms with Crippen LogP contribution in [0.1, 0.15) is 32.6 Å². The summed E-state index contributed by atoms with van der Waals surface area (Å²) in [5.41, 5.74) is 5.54. The number of hydrogen-bond donors (Lipinski definition) is 1. The van der Waals surface area contributed by atoms with Gasteiger partial charge < -0.3 is 15.4 Å². The summed E-state index contributed by atoms with van der Waals surface area (Å²) in [6.45, 7) is 4.57. The highest BCUT2D eigenvalue weighted by Gasteiger charge is 2.33. The second kappa shape index (κ2) is 5.15. The Morgan fingerprint density at radius 3 is 2.56 bits per heavy atom. The van der Waals surface area contributed by atoms with E-state index in [1.165, 1.54) is 0 Å². The Kier molecular flexibility index (Phi) is 3.82. The molecule has 4 heteroatoms. The molecule has 0 saturated carbocycles. The number of carbonyl (C=O) groups is 1. The summed E-state index contributed by atoms with van der Waals surface area (Å²) < 4.78 is 5.64. The molecule has 2 aliphatic heterocycles. The van der Waals surface area contributed by atoms with Crippen LogP contribution in [-0.4, -0.2) is 42.6 Å². The van der Waals surface area contributed by atoms with Gasteiger partial charge in [-0.15, -0.1) is 0 Å². The van der Waals surface area contributed by atoms with Crippen molar-refractivity contribution >= 4 is 5.91 Å².